The van der Waals surface area contributed by atoms with E-state index in [1.807, 2.05) is 91.0 Å². The summed E-state index contributed by atoms with van der Waals surface area (Å²) >= 11 is 0. The second-order valence-corrected chi connectivity index (χ2v) is 7.58. The second kappa shape index (κ2) is 11.0. The van der Waals surface area contributed by atoms with Crippen LogP contribution < -0.4 is 0 Å². The molecule has 0 aliphatic carbocycles. The minimum Gasteiger partial charge on any atom is -0.479 e. The summed E-state index contributed by atoms with van der Waals surface area (Å²) in [6.07, 6.45) is -3.60. The molecule has 0 radical (unpaired) electrons. The third-order valence-corrected chi connectivity index (χ3v) is 5.24. The SMILES string of the molecule is O=C(O)[C@H]1O[C@H](OCc2ccccc2)[C@H](OCc2ccccc2)[C@@H]1OCc1ccccc1. The molecule has 0 bridgehead atoms. The first-order valence-corrected chi connectivity index (χ1v) is 10.6. The van der Waals surface area contributed by atoms with Gasteiger partial charge in [0.1, 0.15) is 12.2 Å². The van der Waals surface area contributed by atoms with Crippen LogP contribution in [0.25, 0.3) is 0 Å². The Balaban J connectivity index is 1.50. The lowest BCUT2D eigenvalue weighted by Gasteiger charge is -2.24. The molecule has 0 aromatic heterocycles. The standard InChI is InChI=1S/C26H26O6/c27-25(28)23-22(29-16-19-10-4-1-5-11-19)24(30-17-20-12-6-2-7-13-20)26(32-23)31-18-21-14-8-3-9-15-21/h1-15,22-24,26H,16-18H2,(H,27,28)/t22-,23+,24-,26+/m1/s1. The van der Waals surface area contributed by atoms with E-state index in [0.29, 0.717) is 0 Å². The van der Waals surface area contributed by atoms with Crippen molar-refractivity contribution in [1.82, 2.24) is 0 Å². The van der Waals surface area contributed by atoms with Crippen molar-refractivity contribution in [2.24, 2.45) is 0 Å². The highest BCUT2D eigenvalue weighted by Crippen LogP contribution is 2.30. The predicted molar refractivity (Wildman–Crippen MR) is 118 cm³/mol. The number of aliphatic carboxylic acids is 1. The Kier molecular flexibility index (Phi) is 7.64. The lowest BCUT2D eigenvalue weighted by molar-refractivity contribution is -0.192. The molecular formula is C26H26O6. The lowest BCUT2D eigenvalue weighted by Crippen LogP contribution is -2.40. The van der Waals surface area contributed by atoms with Crippen molar-refractivity contribution < 1.29 is 28.8 Å². The molecule has 4 atom stereocenters. The van der Waals surface area contributed by atoms with Crippen LogP contribution >= 0.6 is 0 Å². The molecule has 1 saturated heterocycles. The van der Waals surface area contributed by atoms with E-state index in [1.165, 1.54) is 0 Å². The van der Waals surface area contributed by atoms with E-state index < -0.39 is 30.6 Å². The number of rotatable bonds is 10. The highest BCUT2D eigenvalue weighted by molar-refractivity contribution is 5.73. The third-order valence-electron chi connectivity index (χ3n) is 5.24. The highest BCUT2D eigenvalue weighted by Gasteiger charge is 2.50. The van der Waals surface area contributed by atoms with Crippen LogP contribution in [0.5, 0.6) is 0 Å². The van der Waals surface area contributed by atoms with Gasteiger partial charge < -0.3 is 24.1 Å². The molecule has 6 heteroatoms. The van der Waals surface area contributed by atoms with E-state index in [0.717, 1.165) is 16.7 Å². The number of carboxylic acids is 1. The van der Waals surface area contributed by atoms with Gasteiger partial charge in [0.05, 0.1) is 19.8 Å². The lowest BCUT2D eigenvalue weighted by atomic mass is 10.1. The zero-order valence-corrected chi connectivity index (χ0v) is 17.6. The van der Waals surface area contributed by atoms with Crippen LogP contribution in [0.3, 0.4) is 0 Å². The van der Waals surface area contributed by atoms with Crippen LogP contribution in [0.2, 0.25) is 0 Å². The zero-order chi connectivity index (χ0) is 22.2. The van der Waals surface area contributed by atoms with Crippen molar-refractivity contribution in [3.63, 3.8) is 0 Å². The third kappa shape index (κ3) is 5.81. The molecule has 3 aromatic carbocycles. The number of hydrogen-bond acceptors (Lipinski definition) is 5. The van der Waals surface area contributed by atoms with Gasteiger partial charge in [-0.25, -0.2) is 4.79 Å². The Bertz CT molecular complexity index is 963. The maximum absolute atomic E-state index is 11.9. The zero-order valence-electron chi connectivity index (χ0n) is 17.6. The van der Waals surface area contributed by atoms with Gasteiger partial charge in [-0.2, -0.15) is 0 Å². The van der Waals surface area contributed by atoms with Gasteiger partial charge in [0.2, 0.25) is 0 Å². The average Bonchev–Trinajstić information content (AvgIpc) is 3.19. The Morgan fingerprint density at radius 2 is 1.06 bits per heavy atom. The molecule has 4 rings (SSSR count). The Morgan fingerprint density at radius 3 is 1.50 bits per heavy atom. The van der Waals surface area contributed by atoms with Gasteiger partial charge in [-0.3, -0.25) is 0 Å². The summed E-state index contributed by atoms with van der Waals surface area (Å²) in [7, 11) is 0. The minimum absolute atomic E-state index is 0.245. The topological polar surface area (TPSA) is 74.2 Å². The van der Waals surface area contributed by atoms with Gasteiger partial charge in [-0.05, 0) is 16.7 Å². The van der Waals surface area contributed by atoms with E-state index in [1.54, 1.807) is 0 Å². The fraction of sp³-hybridized carbons (Fsp3) is 0.269. The van der Waals surface area contributed by atoms with Crippen LogP contribution in [-0.2, 0) is 43.6 Å². The largest absolute Gasteiger partial charge is 0.479 e. The number of hydrogen-bond donors (Lipinski definition) is 1. The Hall–Kier alpha value is -3.03. The van der Waals surface area contributed by atoms with Crippen molar-refractivity contribution in [3.8, 4) is 0 Å². The van der Waals surface area contributed by atoms with Gasteiger partial charge in [0, 0.05) is 0 Å². The molecule has 1 N–H and O–H groups in total. The van der Waals surface area contributed by atoms with Crippen LogP contribution in [0.15, 0.2) is 91.0 Å². The number of carboxylic acid groups (broad SMARTS) is 1. The molecular weight excluding hydrogens is 408 g/mol. The number of ether oxygens (including phenoxy) is 4. The van der Waals surface area contributed by atoms with E-state index >= 15 is 0 Å². The Morgan fingerprint density at radius 1 is 0.656 bits per heavy atom. The molecule has 1 aliphatic rings. The van der Waals surface area contributed by atoms with Crippen LogP contribution in [0, 0.1) is 0 Å². The molecule has 0 spiro atoms. The molecule has 1 heterocycles. The molecule has 32 heavy (non-hydrogen) atoms. The molecule has 1 aliphatic heterocycles. The summed E-state index contributed by atoms with van der Waals surface area (Å²) in [6, 6.07) is 28.9. The summed E-state index contributed by atoms with van der Waals surface area (Å²) in [5.41, 5.74) is 2.86. The quantitative estimate of drug-likeness (QED) is 0.516. The smallest absolute Gasteiger partial charge is 0.335 e. The molecule has 0 unspecified atom stereocenters. The van der Waals surface area contributed by atoms with Gasteiger partial charge >= 0.3 is 5.97 Å². The Labute approximate surface area is 187 Å². The second-order valence-electron chi connectivity index (χ2n) is 7.58. The van der Waals surface area contributed by atoms with Crippen molar-refractivity contribution in [2.45, 2.75) is 44.4 Å². The maximum atomic E-state index is 11.9. The minimum atomic E-state index is -1.19. The van der Waals surface area contributed by atoms with Gasteiger partial charge in [0.25, 0.3) is 0 Å². The first-order valence-electron chi connectivity index (χ1n) is 10.6. The number of benzene rings is 3. The fourth-order valence-electron chi connectivity index (χ4n) is 3.60. The highest BCUT2D eigenvalue weighted by atomic mass is 16.7. The van der Waals surface area contributed by atoms with E-state index in [9.17, 15) is 9.90 Å². The summed E-state index contributed by atoms with van der Waals surface area (Å²) in [4.78, 5) is 11.9. The van der Waals surface area contributed by atoms with Crippen LogP contribution in [0.4, 0.5) is 0 Å². The first kappa shape index (κ1) is 22.2. The maximum Gasteiger partial charge on any atom is 0.335 e. The molecule has 3 aromatic rings. The van der Waals surface area contributed by atoms with Crippen LogP contribution in [-0.4, -0.2) is 35.7 Å². The molecule has 1 fully saturated rings. The number of carbonyl (C=O) groups is 1. The van der Waals surface area contributed by atoms with Gasteiger partial charge in [-0.15, -0.1) is 0 Å². The van der Waals surface area contributed by atoms with E-state index in [2.05, 4.69) is 0 Å². The van der Waals surface area contributed by atoms with Crippen molar-refractivity contribution in [3.05, 3.63) is 108 Å². The van der Waals surface area contributed by atoms with Crippen molar-refractivity contribution in [1.29, 1.82) is 0 Å². The summed E-state index contributed by atoms with van der Waals surface area (Å²) in [5.74, 6) is -1.11. The summed E-state index contributed by atoms with van der Waals surface area (Å²) in [5, 5.41) is 9.77. The molecule has 6 nitrogen and oxygen atoms in total. The predicted octanol–water partition coefficient (Wildman–Crippen LogP) is 4.18. The average molecular weight is 434 g/mol. The summed E-state index contributed by atoms with van der Waals surface area (Å²) < 4.78 is 23.9. The van der Waals surface area contributed by atoms with Crippen molar-refractivity contribution in [2.75, 3.05) is 0 Å². The fourth-order valence-corrected chi connectivity index (χ4v) is 3.60. The van der Waals surface area contributed by atoms with E-state index in [-0.39, 0.29) is 19.8 Å². The normalized spacial score (nSPS) is 22.6. The monoisotopic (exact) mass is 434 g/mol. The van der Waals surface area contributed by atoms with Crippen molar-refractivity contribution >= 4 is 5.97 Å². The summed E-state index contributed by atoms with van der Waals surface area (Å²) in [6.45, 7) is 0.807. The molecule has 0 saturated carbocycles. The molecule has 166 valence electrons. The van der Waals surface area contributed by atoms with Gasteiger partial charge in [-0.1, -0.05) is 91.0 Å². The van der Waals surface area contributed by atoms with Gasteiger partial charge in [0.15, 0.2) is 12.4 Å². The van der Waals surface area contributed by atoms with Crippen LogP contribution in [0.1, 0.15) is 16.7 Å². The first-order chi connectivity index (χ1) is 15.7. The molecule has 0 amide bonds. The van der Waals surface area contributed by atoms with E-state index in [4.69, 9.17) is 18.9 Å².